The summed E-state index contributed by atoms with van der Waals surface area (Å²) < 4.78 is 0. The lowest BCUT2D eigenvalue weighted by atomic mass is 9.91. The van der Waals surface area contributed by atoms with Gasteiger partial charge in [-0.15, -0.1) is 0 Å². The minimum Gasteiger partial charge on any atom is -0.301 e. The Hall–Kier alpha value is -0.590. The Balaban J connectivity index is 4.28. The third-order valence-corrected chi connectivity index (χ3v) is 4.33. The van der Waals surface area contributed by atoms with Crippen LogP contribution < -0.4 is 5.32 Å². The Morgan fingerprint density at radius 3 is 2.17 bits per heavy atom. The molecule has 1 unspecified atom stereocenters. The molecule has 18 heavy (non-hydrogen) atoms. The van der Waals surface area contributed by atoms with Crippen molar-refractivity contribution in [1.29, 1.82) is 5.26 Å². The monoisotopic (exact) mass is 253 g/mol. The Morgan fingerprint density at radius 1 is 1.17 bits per heavy atom. The molecule has 0 radical (unpaired) electrons. The summed E-state index contributed by atoms with van der Waals surface area (Å²) in [7, 11) is 2.18. The van der Waals surface area contributed by atoms with E-state index >= 15 is 0 Å². The topological polar surface area (TPSA) is 39.1 Å². The van der Waals surface area contributed by atoms with Crippen molar-refractivity contribution in [2.24, 2.45) is 0 Å². The molecule has 106 valence electrons. The Labute approximate surface area is 114 Å². The average molecular weight is 253 g/mol. The second kappa shape index (κ2) is 7.76. The highest BCUT2D eigenvalue weighted by Crippen LogP contribution is 2.20. The molecule has 0 aromatic rings. The van der Waals surface area contributed by atoms with Gasteiger partial charge in [0.05, 0.1) is 6.07 Å². The molecule has 1 atom stereocenters. The maximum atomic E-state index is 9.35. The third-order valence-electron chi connectivity index (χ3n) is 4.33. The minimum atomic E-state index is -0.327. The van der Waals surface area contributed by atoms with Gasteiger partial charge in [-0.25, -0.2) is 0 Å². The first kappa shape index (κ1) is 17.4. The molecule has 0 rings (SSSR count). The van der Waals surface area contributed by atoms with E-state index in [4.69, 9.17) is 0 Å². The predicted molar refractivity (Wildman–Crippen MR) is 78.5 cm³/mol. The SMILES string of the molecule is CCNC(C#N)(CC)CCCN(C)C(C)(C)CC. The van der Waals surface area contributed by atoms with E-state index in [0.717, 1.165) is 38.8 Å². The van der Waals surface area contributed by atoms with Crippen LogP contribution in [0.1, 0.15) is 60.3 Å². The Kier molecular flexibility index (Phi) is 7.51. The zero-order valence-corrected chi connectivity index (χ0v) is 13.1. The molecule has 0 aliphatic carbocycles. The number of nitrogens with one attached hydrogen (secondary N) is 1. The largest absolute Gasteiger partial charge is 0.301 e. The Morgan fingerprint density at radius 2 is 1.78 bits per heavy atom. The van der Waals surface area contributed by atoms with E-state index in [2.05, 4.69) is 58.0 Å². The summed E-state index contributed by atoms with van der Waals surface area (Å²) in [4.78, 5) is 2.40. The molecule has 0 aromatic carbocycles. The van der Waals surface area contributed by atoms with Crippen molar-refractivity contribution in [3.8, 4) is 6.07 Å². The first-order chi connectivity index (χ1) is 8.37. The van der Waals surface area contributed by atoms with Crippen molar-refractivity contribution < 1.29 is 0 Å². The van der Waals surface area contributed by atoms with Gasteiger partial charge in [0.25, 0.3) is 0 Å². The van der Waals surface area contributed by atoms with Gasteiger partial charge in [0.2, 0.25) is 0 Å². The van der Waals surface area contributed by atoms with Crippen LogP contribution in [0, 0.1) is 11.3 Å². The molecule has 3 nitrogen and oxygen atoms in total. The van der Waals surface area contributed by atoms with Crippen molar-refractivity contribution in [3.63, 3.8) is 0 Å². The zero-order chi connectivity index (χ0) is 14.2. The van der Waals surface area contributed by atoms with Crippen LogP contribution in [0.4, 0.5) is 0 Å². The highest BCUT2D eigenvalue weighted by atomic mass is 15.2. The van der Waals surface area contributed by atoms with Crippen LogP contribution in [0.3, 0.4) is 0 Å². The standard InChI is InChI=1S/C15H31N3/c1-7-14(4,5)18(6)12-10-11-15(8-2,13-16)17-9-3/h17H,7-12H2,1-6H3. The summed E-state index contributed by atoms with van der Waals surface area (Å²) in [5, 5.41) is 12.7. The molecule has 0 aromatic heterocycles. The van der Waals surface area contributed by atoms with E-state index in [-0.39, 0.29) is 11.1 Å². The van der Waals surface area contributed by atoms with Gasteiger partial charge in [0, 0.05) is 5.54 Å². The van der Waals surface area contributed by atoms with E-state index in [1.165, 1.54) is 0 Å². The van der Waals surface area contributed by atoms with Gasteiger partial charge >= 0.3 is 0 Å². The molecular formula is C15H31N3. The summed E-state index contributed by atoms with van der Waals surface area (Å²) in [6, 6.07) is 2.46. The van der Waals surface area contributed by atoms with Crippen molar-refractivity contribution >= 4 is 0 Å². The summed E-state index contributed by atoms with van der Waals surface area (Å²) in [6.07, 6.45) is 4.01. The van der Waals surface area contributed by atoms with Gasteiger partial charge in [0.1, 0.15) is 5.54 Å². The fourth-order valence-electron chi connectivity index (χ4n) is 2.09. The predicted octanol–water partition coefficient (Wildman–Crippen LogP) is 3.17. The fourth-order valence-corrected chi connectivity index (χ4v) is 2.09. The van der Waals surface area contributed by atoms with Gasteiger partial charge in [0.15, 0.2) is 0 Å². The molecule has 0 fully saturated rings. The van der Waals surface area contributed by atoms with Crippen LogP contribution in [-0.4, -0.2) is 36.1 Å². The van der Waals surface area contributed by atoms with Gasteiger partial charge < -0.3 is 4.90 Å². The summed E-state index contributed by atoms with van der Waals surface area (Å²) >= 11 is 0. The van der Waals surface area contributed by atoms with Crippen LogP contribution in [0.25, 0.3) is 0 Å². The molecule has 0 aliphatic heterocycles. The maximum Gasteiger partial charge on any atom is 0.106 e. The molecular weight excluding hydrogens is 222 g/mol. The maximum absolute atomic E-state index is 9.35. The molecule has 0 aliphatic rings. The minimum absolute atomic E-state index is 0.250. The van der Waals surface area contributed by atoms with E-state index < -0.39 is 0 Å². The molecule has 0 heterocycles. The molecule has 3 heteroatoms. The average Bonchev–Trinajstić information content (AvgIpc) is 2.37. The molecule has 0 saturated heterocycles. The third kappa shape index (κ3) is 4.96. The van der Waals surface area contributed by atoms with Crippen molar-refractivity contribution in [2.45, 2.75) is 71.4 Å². The van der Waals surface area contributed by atoms with Crippen LogP contribution in [0.5, 0.6) is 0 Å². The van der Waals surface area contributed by atoms with E-state index in [1.54, 1.807) is 0 Å². The van der Waals surface area contributed by atoms with Crippen LogP contribution in [-0.2, 0) is 0 Å². The highest BCUT2D eigenvalue weighted by molar-refractivity contribution is 5.06. The van der Waals surface area contributed by atoms with Crippen molar-refractivity contribution in [3.05, 3.63) is 0 Å². The van der Waals surface area contributed by atoms with E-state index in [9.17, 15) is 5.26 Å². The number of nitriles is 1. The molecule has 0 bridgehead atoms. The Bertz CT molecular complexity index is 267. The fraction of sp³-hybridized carbons (Fsp3) is 0.933. The molecule has 0 saturated carbocycles. The second-order valence-corrected chi connectivity index (χ2v) is 5.77. The van der Waals surface area contributed by atoms with Crippen LogP contribution >= 0.6 is 0 Å². The second-order valence-electron chi connectivity index (χ2n) is 5.77. The molecule has 1 N–H and O–H groups in total. The summed E-state index contributed by atoms with van der Waals surface area (Å²) in [6.45, 7) is 12.8. The van der Waals surface area contributed by atoms with Crippen LogP contribution in [0.15, 0.2) is 0 Å². The number of hydrogen-bond acceptors (Lipinski definition) is 3. The summed E-state index contributed by atoms with van der Waals surface area (Å²) in [5.74, 6) is 0. The van der Waals surface area contributed by atoms with Crippen molar-refractivity contribution in [1.82, 2.24) is 10.2 Å². The summed E-state index contributed by atoms with van der Waals surface area (Å²) in [5.41, 5.74) is -0.0777. The quantitative estimate of drug-likeness (QED) is 0.686. The smallest absolute Gasteiger partial charge is 0.106 e. The number of rotatable bonds is 9. The lowest BCUT2D eigenvalue weighted by Gasteiger charge is -2.35. The lowest BCUT2D eigenvalue weighted by Crippen LogP contribution is -2.45. The van der Waals surface area contributed by atoms with Gasteiger partial charge in [-0.2, -0.15) is 5.26 Å². The first-order valence-corrected chi connectivity index (χ1v) is 7.25. The number of hydrogen-bond donors (Lipinski definition) is 1. The van der Waals surface area contributed by atoms with Gasteiger partial charge in [-0.3, -0.25) is 5.32 Å². The first-order valence-electron chi connectivity index (χ1n) is 7.25. The van der Waals surface area contributed by atoms with Crippen LogP contribution in [0.2, 0.25) is 0 Å². The number of nitrogens with zero attached hydrogens (tertiary/aromatic N) is 2. The van der Waals surface area contributed by atoms with Gasteiger partial charge in [-0.05, 0) is 59.7 Å². The lowest BCUT2D eigenvalue weighted by molar-refractivity contribution is 0.144. The van der Waals surface area contributed by atoms with E-state index in [0.29, 0.717) is 0 Å². The van der Waals surface area contributed by atoms with Crippen molar-refractivity contribution in [2.75, 3.05) is 20.1 Å². The normalized spacial score (nSPS) is 15.4. The van der Waals surface area contributed by atoms with Gasteiger partial charge in [-0.1, -0.05) is 20.8 Å². The molecule has 0 amide bonds. The highest BCUT2D eigenvalue weighted by Gasteiger charge is 2.27. The zero-order valence-electron chi connectivity index (χ0n) is 13.1. The van der Waals surface area contributed by atoms with E-state index in [1.807, 2.05) is 0 Å². The molecule has 0 spiro atoms.